The minimum atomic E-state index is -0.475. The quantitative estimate of drug-likeness (QED) is 0.616. The summed E-state index contributed by atoms with van der Waals surface area (Å²) in [7, 11) is 0. The summed E-state index contributed by atoms with van der Waals surface area (Å²) in [4.78, 5) is 37.7. The van der Waals surface area contributed by atoms with Gasteiger partial charge in [0.2, 0.25) is 0 Å². The van der Waals surface area contributed by atoms with Gasteiger partial charge in [0.25, 0.3) is 0 Å². The van der Waals surface area contributed by atoms with Gasteiger partial charge in [0.1, 0.15) is 5.60 Å². The van der Waals surface area contributed by atoms with Crippen LogP contribution in [0.1, 0.15) is 79.1 Å². The molecule has 3 fully saturated rings. The molecule has 0 aromatic carbocycles. The van der Waals surface area contributed by atoms with Crippen molar-refractivity contribution in [1.29, 1.82) is 0 Å². The third kappa shape index (κ3) is 3.30. The molecule has 5 heteroatoms. The molecular formula is C26H37NO4. The van der Waals surface area contributed by atoms with E-state index in [9.17, 15) is 14.4 Å². The predicted molar refractivity (Wildman–Crippen MR) is 119 cm³/mol. The van der Waals surface area contributed by atoms with E-state index >= 15 is 0 Å². The summed E-state index contributed by atoms with van der Waals surface area (Å²) in [5.74, 6) is 1.02. The molecule has 0 aromatic heterocycles. The highest BCUT2D eigenvalue weighted by molar-refractivity contribution is 6.10. The Labute approximate surface area is 186 Å². The van der Waals surface area contributed by atoms with Gasteiger partial charge in [-0.1, -0.05) is 40.2 Å². The van der Waals surface area contributed by atoms with Gasteiger partial charge in [-0.2, -0.15) is 0 Å². The Morgan fingerprint density at radius 2 is 1.90 bits per heavy atom. The van der Waals surface area contributed by atoms with Crippen molar-refractivity contribution in [3.63, 3.8) is 0 Å². The summed E-state index contributed by atoms with van der Waals surface area (Å²) in [6.45, 7) is 9.31. The van der Waals surface area contributed by atoms with Gasteiger partial charge in [-0.3, -0.25) is 9.59 Å². The van der Waals surface area contributed by atoms with Crippen LogP contribution in [0.2, 0.25) is 0 Å². The lowest BCUT2D eigenvalue weighted by Gasteiger charge is -2.58. The second-order valence-corrected chi connectivity index (χ2v) is 10.6. The van der Waals surface area contributed by atoms with E-state index in [1.807, 2.05) is 6.08 Å². The first-order valence-corrected chi connectivity index (χ1v) is 12.2. The summed E-state index contributed by atoms with van der Waals surface area (Å²) in [6.07, 6.45) is 12.0. The molecule has 5 nitrogen and oxygen atoms in total. The molecule has 0 radical (unpaired) electrons. The first-order valence-electron chi connectivity index (χ1n) is 12.2. The maximum atomic E-state index is 13.1. The summed E-state index contributed by atoms with van der Waals surface area (Å²) in [6, 6.07) is 0. The number of carbonyl (C=O) groups is 3. The van der Waals surface area contributed by atoms with Crippen molar-refractivity contribution in [2.75, 3.05) is 6.54 Å². The number of allylic oxidation sites excluding steroid dienone is 4. The summed E-state index contributed by atoms with van der Waals surface area (Å²) in [5.41, 5.74) is -0.254. The van der Waals surface area contributed by atoms with Gasteiger partial charge in [0.15, 0.2) is 11.6 Å². The molecule has 170 valence electrons. The van der Waals surface area contributed by atoms with Crippen molar-refractivity contribution in [3.05, 3.63) is 23.8 Å². The zero-order chi connectivity index (χ0) is 22.4. The number of hydrogen-bond acceptors (Lipinski definition) is 4. The average Bonchev–Trinajstić information content (AvgIpc) is 3.02. The van der Waals surface area contributed by atoms with E-state index < -0.39 is 5.60 Å². The number of ketones is 2. The molecule has 0 aliphatic heterocycles. The molecule has 6 atom stereocenters. The number of unbranched alkanes of at least 4 members (excludes halogenated alkanes) is 1. The number of hydrogen-bond donors (Lipinski definition) is 1. The molecule has 4 rings (SSSR count). The van der Waals surface area contributed by atoms with Crippen molar-refractivity contribution >= 4 is 17.7 Å². The third-order valence-corrected chi connectivity index (χ3v) is 9.34. The monoisotopic (exact) mass is 427 g/mol. The molecule has 4 aliphatic carbocycles. The van der Waals surface area contributed by atoms with Gasteiger partial charge in [-0.05, 0) is 68.4 Å². The maximum absolute atomic E-state index is 13.1. The van der Waals surface area contributed by atoms with Crippen LogP contribution < -0.4 is 5.32 Å². The highest BCUT2D eigenvalue weighted by Crippen LogP contribution is 2.67. The van der Waals surface area contributed by atoms with Gasteiger partial charge in [-0.15, -0.1) is 0 Å². The zero-order valence-electron chi connectivity index (χ0n) is 19.5. The van der Waals surface area contributed by atoms with Crippen LogP contribution in [0.5, 0.6) is 0 Å². The molecule has 0 saturated heterocycles. The average molecular weight is 428 g/mol. The lowest BCUT2D eigenvalue weighted by Crippen LogP contribution is -2.57. The van der Waals surface area contributed by atoms with Crippen LogP contribution in [0.25, 0.3) is 0 Å². The number of nitrogens with one attached hydrogen (secondary N) is 1. The first-order chi connectivity index (χ1) is 14.7. The number of ether oxygens (including phenoxy) is 1. The highest BCUT2D eigenvalue weighted by Gasteiger charge is 2.66. The molecule has 1 N–H and O–H groups in total. The van der Waals surface area contributed by atoms with Crippen molar-refractivity contribution in [2.24, 2.45) is 28.6 Å². The van der Waals surface area contributed by atoms with E-state index in [4.69, 9.17) is 4.74 Å². The number of fused-ring (bicyclic) bond motifs is 5. The van der Waals surface area contributed by atoms with Gasteiger partial charge in [0.05, 0.1) is 0 Å². The topological polar surface area (TPSA) is 72.5 Å². The molecule has 0 aromatic rings. The second kappa shape index (κ2) is 7.90. The lowest BCUT2D eigenvalue weighted by molar-refractivity contribution is -0.139. The summed E-state index contributed by atoms with van der Waals surface area (Å²) < 4.78 is 6.21. The minimum absolute atomic E-state index is 0.0757. The van der Waals surface area contributed by atoms with E-state index in [0.717, 1.165) is 44.9 Å². The molecule has 4 aliphatic rings. The SMILES string of the molecule is CCCCNC(=O)O[C@]1(CC)CC[C@H]2[C@@H]3CC(=O)C4=CC(=O)C=C[C@]4(C)[C@H]3CC[C@@]21C. The van der Waals surface area contributed by atoms with Crippen LogP contribution in [-0.2, 0) is 14.3 Å². The Balaban J connectivity index is 1.60. The van der Waals surface area contributed by atoms with Crippen LogP contribution in [0.4, 0.5) is 4.79 Å². The van der Waals surface area contributed by atoms with Crippen LogP contribution in [0.3, 0.4) is 0 Å². The van der Waals surface area contributed by atoms with E-state index in [1.165, 1.54) is 0 Å². The molecule has 0 unspecified atom stereocenters. The Kier molecular flexibility index (Phi) is 5.68. The summed E-state index contributed by atoms with van der Waals surface area (Å²) in [5, 5.41) is 2.93. The molecule has 31 heavy (non-hydrogen) atoms. The highest BCUT2D eigenvalue weighted by atomic mass is 16.6. The van der Waals surface area contributed by atoms with Gasteiger partial charge in [0, 0.05) is 29.4 Å². The fourth-order valence-electron chi connectivity index (χ4n) is 7.53. The van der Waals surface area contributed by atoms with Crippen LogP contribution in [0.15, 0.2) is 23.8 Å². The normalized spacial score (nSPS) is 41.2. The fourth-order valence-corrected chi connectivity index (χ4v) is 7.53. The summed E-state index contributed by atoms with van der Waals surface area (Å²) >= 11 is 0. The smallest absolute Gasteiger partial charge is 0.407 e. The van der Waals surface area contributed by atoms with Crippen molar-refractivity contribution in [1.82, 2.24) is 5.32 Å². The minimum Gasteiger partial charge on any atom is -0.442 e. The standard InChI is InChI=1S/C26H37NO4/c1-5-7-14-27-23(30)31-26(6-2)13-10-20-18-16-22(29)21-15-17(28)8-11-24(21,3)19(18)9-12-25(20,26)4/h8,11,15,18-20H,5-7,9-10,12-14,16H2,1-4H3,(H,27,30)/t18-,19+,20+,24-,25+,26-/m1/s1. The van der Waals surface area contributed by atoms with Gasteiger partial charge < -0.3 is 10.1 Å². The Hall–Kier alpha value is -1.91. The van der Waals surface area contributed by atoms with E-state index in [2.05, 4.69) is 33.0 Å². The van der Waals surface area contributed by atoms with Crippen LogP contribution in [-0.4, -0.2) is 29.8 Å². The Bertz CT molecular complexity index is 844. The lowest BCUT2D eigenvalue weighted by atomic mass is 9.47. The molecular weight excluding hydrogens is 390 g/mol. The van der Waals surface area contributed by atoms with E-state index in [1.54, 1.807) is 12.2 Å². The number of carbonyl (C=O) groups excluding carboxylic acids is 3. The molecule has 0 spiro atoms. The largest absolute Gasteiger partial charge is 0.442 e. The molecule has 1 amide bonds. The second-order valence-electron chi connectivity index (χ2n) is 10.6. The number of amides is 1. The van der Waals surface area contributed by atoms with Gasteiger partial charge >= 0.3 is 6.09 Å². The Morgan fingerprint density at radius 1 is 1.16 bits per heavy atom. The van der Waals surface area contributed by atoms with Crippen LogP contribution >= 0.6 is 0 Å². The molecule has 0 bridgehead atoms. The number of Topliss-reactive ketones (excluding diaryl/α,β-unsaturated/α-hetero) is 1. The fraction of sp³-hybridized carbons (Fsp3) is 0.731. The van der Waals surface area contributed by atoms with Crippen molar-refractivity contribution < 1.29 is 19.1 Å². The van der Waals surface area contributed by atoms with Gasteiger partial charge in [-0.25, -0.2) is 4.79 Å². The molecule has 0 heterocycles. The van der Waals surface area contributed by atoms with E-state index in [0.29, 0.717) is 30.4 Å². The molecule has 3 saturated carbocycles. The van der Waals surface area contributed by atoms with Crippen LogP contribution in [0, 0.1) is 28.6 Å². The number of alkyl carbamates (subject to hydrolysis) is 1. The zero-order valence-corrected chi connectivity index (χ0v) is 19.5. The van der Waals surface area contributed by atoms with Crippen molar-refractivity contribution in [2.45, 2.75) is 84.7 Å². The number of rotatable bonds is 5. The Morgan fingerprint density at radius 3 is 2.61 bits per heavy atom. The predicted octanol–water partition coefficient (Wildman–Crippen LogP) is 5.15. The maximum Gasteiger partial charge on any atom is 0.407 e. The third-order valence-electron chi connectivity index (χ3n) is 9.34. The van der Waals surface area contributed by atoms with E-state index in [-0.39, 0.29) is 34.4 Å². The van der Waals surface area contributed by atoms with Crippen molar-refractivity contribution in [3.8, 4) is 0 Å². The first kappa shape index (κ1) is 22.3.